The third-order valence-corrected chi connectivity index (χ3v) is 8.38. The number of hydrogen-bond acceptors (Lipinski definition) is 8. The van der Waals surface area contributed by atoms with Crippen LogP contribution in [0.2, 0.25) is 0 Å². The summed E-state index contributed by atoms with van der Waals surface area (Å²) >= 11 is 0. The van der Waals surface area contributed by atoms with E-state index in [-0.39, 0.29) is 23.5 Å². The third-order valence-electron chi connectivity index (χ3n) is 6.60. The van der Waals surface area contributed by atoms with Crippen LogP contribution >= 0.6 is 0 Å². The molecule has 4 N–H and O–H groups in total. The van der Waals surface area contributed by atoms with Crippen molar-refractivity contribution in [3.63, 3.8) is 0 Å². The summed E-state index contributed by atoms with van der Waals surface area (Å²) in [7, 11) is -4.17. The van der Waals surface area contributed by atoms with Crippen LogP contribution in [0.3, 0.4) is 0 Å². The van der Waals surface area contributed by atoms with Gasteiger partial charge < -0.3 is 25.4 Å². The first-order chi connectivity index (χ1) is 18.9. The number of nitrogens with one attached hydrogen (secondary N) is 3. The second-order valence-electron chi connectivity index (χ2n) is 9.86. The smallest absolute Gasteiger partial charge is 0.323 e. The quantitative estimate of drug-likeness (QED) is 0.276. The lowest BCUT2D eigenvalue weighted by molar-refractivity contribution is -0.139. The molecule has 0 unspecified atom stereocenters. The van der Waals surface area contributed by atoms with Gasteiger partial charge in [-0.1, -0.05) is 30.7 Å². The van der Waals surface area contributed by atoms with E-state index >= 15 is 0 Å². The summed E-state index contributed by atoms with van der Waals surface area (Å²) in [4.78, 5) is 42.7. The van der Waals surface area contributed by atoms with Crippen molar-refractivity contribution < 1.29 is 32.6 Å². The van der Waals surface area contributed by atoms with Gasteiger partial charge in [-0.25, -0.2) is 13.4 Å². The van der Waals surface area contributed by atoms with Crippen LogP contribution in [-0.2, 0) is 29.1 Å². The molecule has 0 bridgehead atoms. The fraction of sp³-hybridized carbons (Fsp3) is 0.481. The fourth-order valence-electron chi connectivity index (χ4n) is 4.86. The molecule has 3 rings (SSSR count). The van der Waals surface area contributed by atoms with Crippen LogP contribution in [0.25, 0.3) is 0 Å². The minimum Gasteiger partial charge on any atom is -0.480 e. The van der Waals surface area contributed by atoms with Crippen LogP contribution < -0.4 is 15.4 Å². The van der Waals surface area contributed by atoms with E-state index in [1.165, 1.54) is 0 Å². The van der Waals surface area contributed by atoms with Gasteiger partial charge in [-0.15, -0.1) is 0 Å². The highest BCUT2D eigenvalue weighted by Gasteiger charge is 2.35. The van der Waals surface area contributed by atoms with Crippen LogP contribution in [-0.4, -0.2) is 85.6 Å². The Kier molecular flexibility index (Phi) is 10.6. The fourth-order valence-corrected chi connectivity index (χ4v) is 6.51. The Morgan fingerprint density at radius 2 is 1.88 bits per heavy atom. The lowest BCUT2D eigenvalue weighted by Crippen LogP contribution is -2.49. The Balaban J connectivity index is 1.54. The summed E-state index contributed by atoms with van der Waals surface area (Å²) in [6.45, 7) is 6.85. The van der Waals surface area contributed by atoms with Crippen molar-refractivity contribution in [1.29, 1.82) is 0 Å². The molecule has 1 aliphatic rings. The van der Waals surface area contributed by atoms with Crippen molar-refractivity contribution in [2.24, 2.45) is 0 Å². The summed E-state index contributed by atoms with van der Waals surface area (Å²) in [5, 5.41) is 15.2. The first kappa shape index (κ1) is 31.0. The number of sulfonamides is 1. The highest BCUT2D eigenvalue weighted by atomic mass is 32.2. The highest BCUT2D eigenvalue weighted by molar-refractivity contribution is 7.89. The standard InChI is InChI=1S/C27H37N5O7S/c1-5-25(34)32-15-21(12-20(32)13-29-23-8-6-7-9-28-23)39-16-24(33)30-14-22(27(35)36)31-40(37,38)26-18(3)10-17(2)11-19(26)4/h6-11,20-22,31H,5,12-16H2,1-4H3,(H,28,29)(H,30,33)(H,35,36)/t20-,21+,22-/m0/s1. The van der Waals surface area contributed by atoms with Crippen LogP contribution in [0.4, 0.5) is 5.82 Å². The number of ether oxygens (including phenoxy) is 1. The number of aromatic nitrogens is 1. The van der Waals surface area contributed by atoms with E-state index < -0.39 is 40.6 Å². The maximum Gasteiger partial charge on any atom is 0.323 e. The number of aliphatic carboxylic acids is 1. The number of carbonyl (C=O) groups is 3. The molecule has 218 valence electrons. The largest absolute Gasteiger partial charge is 0.480 e. The molecule has 2 amide bonds. The molecule has 1 aromatic heterocycles. The Morgan fingerprint density at radius 3 is 2.48 bits per heavy atom. The molecule has 2 aromatic rings. The van der Waals surface area contributed by atoms with E-state index in [2.05, 4.69) is 20.3 Å². The first-order valence-electron chi connectivity index (χ1n) is 13.1. The van der Waals surface area contributed by atoms with E-state index in [4.69, 9.17) is 4.74 Å². The van der Waals surface area contributed by atoms with Gasteiger partial charge in [0.15, 0.2) is 0 Å². The second-order valence-corrected chi connectivity index (χ2v) is 11.5. The highest BCUT2D eigenvalue weighted by Crippen LogP contribution is 2.23. The Labute approximate surface area is 234 Å². The average molecular weight is 576 g/mol. The molecule has 0 radical (unpaired) electrons. The maximum atomic E-state index is 13.0. The molecular weight excluding hydrogens is 538 g/mol. The number of carboxylic acid groups (broad SMARTS) is 1. The summed E-state index contributed by atoms with van der Waals surface area (Å²) in [5.74, 6) is -1.37. The first-order valence-corrected chi connectivity index (χ1v) is 14.5. The van der Waals surface area contributed by atoms with Crippen molar-refractivity contribution in [2.45, 2.75) is 63.6 Å². The molecule has 2 heterocycles. The number of rotatable bonds is 13. The number of hydrogen-bond donors (Lipinski definition) is 4. The van der Waals surface area contributed by atoms with Crippen molar-refractivity contribution in [3.8, 4) is 0 Å². The lowest BCUT2D eigenvalue weighted by Gasteiger charge is -2.24. The van der Waals surface area contributed by atoms with Gasteiger partial charge in [-0.3, -0.25) is 14.4 Å². The predicted octanol–water partition coefficient (Wildman–Crippen LogP) is 1.36. The summed E-state index contributed by atoms with van der Waals surface area (Å²) in [6, 6.07) is 7.16. The Hall–Kier alpha value is -3.55. The van der Waals surface area contributed by atoms with Gasteiger partial charge in [0, 0.05) is 32.3 Å². The Morgan fingerprint density at radius 1 is 1.18 bits per heavy atom. The summed E-state index contributed by atoms with van der Waals surface area (Å²) < 4.78 is 33.9. The number of amides is 2. The van der Waals surface area contributed by atoms with Gasteiger partial charge >= 0.3 is 5.97 Å². The van der Waals surface area contributed by atoms with Crippen molar-refractivity contribution in [1.82, 2.24) is 19.9 Å². The number of likely N-dealkylation sites (tertiary alicyclic amines) is 1. The van der Waals surface area contributed by atoms with Crippen LogP contribution in [0.15, 0.2) is 41.4 Å². The monoisotopic (exact) mass is 575 g/mol. The van der Waals surface area contributed by atoms with Crippen LogP contribution in [0, 0.1) is 20.8 Å². The molecule has 1 fully saturated rings. The van der Waals surface area contributed by atoms with E-state index in [1.807, 2.05) is 25.1 Å². The van der Waals surface area contributed by atoms with E-state index in [0.717, 1.165) is 5.56 Å². The minimum atomic E-state index is -4.17. The molecule has 0 spiro atoms. The second kappa shape index (κ2) is 13.7. The number of carbonyl (C=O) groups excluding carboxylic acids is 2. The number of pyridine rings is 1. The molecule has 12 nitrogen and oxygen atoms in total. The molecule has 1 aliphatic heterocycles. The van der Waals surface area contributed by atoms with Crippen molar-refractivity contribution in [2.75, 3.05) is 31.6 Å². The normalized spacial score (nSPS) is 17.9. The van der Waals surface area contributed by atoms with E-state index in [1.54, 1.807) is 44.0 Å². The average Bonchev–Trinajstić information content (AvgIpc) is 3.31. The summed E-state index contributed by atoms with van der Waals surface area (Å²) in [5.41, 5.74) is 1.87. The van der Waals surface area contributed by atoms with Gasteiger partial charge in [0.25, 0.3) is 0 Å². The molecule has 13 heteroatoms. The van der Waals surface area contributed by atoms with Gasteiger partial charge in [0.1, 0.15) is 18.5 Å². The van der Waals surface area contributed by atoms with Crippen LogP contribution in [0.1, 0.15) is 36.5 Å². The molecule has 1 saturated heterocycles. The van der Waals surface area contributed by atoms with Crippen LogP contribution in [0.5, 0.6) is 0 Å². The van der Waals surface area contributed by atoms with E-state index in [0.29, 0.717) is 42.9 Å². The third kappa shape index (κ3) is 8.23. The summed E-state index contributed by atoms with van der Waals surface area (Å²) in [6.07, 6.45) is 2.12. The van der Waals surface area contributed by atoms with Gasteiger partial charge in [-0.05, 0) is 50.5 Å². The van der Waals surface area contributed by atoms with Gasteiger partial charge in [-0.2, -0.15) is 4.72 Å². The number of aryl methyl sites for hydroxylation is 3. The van der Waals surface area contributed by atoms with Gasteiger partial charge in [0.05, 0.1) is 17.0 Å². The Bertz CT molecular complexity index is 1300. The number of carboxylic acids is 1. The minimum absolute atomic E-state index is 0.0125. The zero-order valence-corrected chi connectivity index (χ0v) is 24.0. The van der Waals surface area contributed by atoms with Gasteiger partial charge in [0.2, 0.25) is 21.8 Å². The zero-order valence-electron chi connectivity index (χ0n) is 23.1. The number of anilines is 1. The van der Waals surface area contributed by atoms with Crippen molar-refractivity contribution in [3.05, 3.63) is 53.2 Å². The topological polar surface area (TPSA) is 167 Å². The molecular formula is C27H37N5O7S. The molecule has 0 saturated carbocycles. The number of nitrogens with zero attached hydrogens (tertiary/aromatic N) is 2. The van der Waals surface area contributed by atoms with Crippen molar-refractivity contribution >= 4 is 33.6 Å². The molecule has 3 atom stereocenters. The predicted molar refractivity (Wildman–Crippen MR) is 148 cm³/mol. The zero-order chi connectivity index (χ0) is 29.4. The number of benzene rings is 1. The molecule has 1 aromatic carbocycles. The SMILES string of the molecule is CCC(=O)N1C[C@H](OCC(=O)NC[C@H](NS(=O)(=O)c2c(C)cc(C)cc2C)C(=O)O)C[C@H]1CNc1ccccn1. The lowest BCUT2D eigenvalue weighted by atomic mass is 10.1. The molecule has 0 aliphatic carbocycles. The maximum absolute atomic E-state index is 13.0. The van der Waals surface area contributed by atoms with E-state index in [9.17, 15) is 27.9 Å². The molecule has 40 heavy (non-hydrogen) atoms.